The van der Waals surface area contributed by atoms with Crippen LogP contribution in [0.25, 0.3) is 0 Å². The van der Waals surface area contributed by atoms with Gasteiger partial charge in [0.05, 0.1) is 17.5 Å². The van der Waals surface area contributed by atoms with Crippen LogP contribution < -0.4 is 10.6 Å². The molecule has 0 aromatic carbocycles. The molecule has 1 saturated carbocycles. The van der Waals surface area contributed by atoms with E-state index in [2.05, 4.69) is 15.6 Å². The Balaban J connectivity index is 0.00000169. The number of aromatic nitrogens is 1. The molecular weight excluding hydrogens is 399 g/mol. The molecule has 6 nitrogen and oxygen atoms in total. The number of amides is 2. The highest BCUT2D eigenvalue weighted by Gasteiger charge is 2.29. The molecule has 1 aromatic rings. The van der Waals surface area contributed by atoms with E-state index in [0.717, 1.165) is 31.8 Å². The molecule has 2 amide bonds. The molecule has 0 radical (unpaired) electrons. The van der Waals surface area contributed by atoms with Crippen molar-refractivity contribution < 1.29 is 9.59 Å². The van der Waals surface area contributed by atoms with Crippen molar-refractivity contribution in [2.75, 3.05) is 31.5 Å². The van der Waals surface area contributed by atoms with Gasteiger partial charge in [-0.25, -0.2) is 4.98 Å². The minimum atomic E-state index is -0.191. The number of pyridine rings is 1. The molecule has 1 atom stereocenters. The summed E-state index contributed by atoms with van der Waals surface area (Å²) in [5.74, 6) is 1.04. The summed E-state index contributed by atoms with van der Waals surface area (Å²) in [5.41, 5.74) is 0. The maximum Gasteiger partial charge on any atom is 0.236 e. The Morgan fingerprint density at radius 1 is 1.23 bits per heavy atom. The van der Waals surface area contributed by atoms with Gasteiger partial charge in [0.15, 0.2) is 0 Å². The van der Waals surface area contributed by atoms with E-state index in [0.29, 0.717) is 23.9 Å². The van der Waals surface area contributed by atoms with Crippen LogP contribution in [-0.4, -0.2) is 47.9 Å². The zero-order valence-corrected chi connectivity index (χ0v) is 16.8. The van der Waals surface area contributed by atoms with Gasteiger partial charge in [0.25, 0.3) is 0 Å². The van der Waals surface area contributed by atoms with Gasteiger partial charge in [-0.15, -0.1) is 24.8 Å². The third-order valence-corrected chi connectivity index (χ3v) is 4.75. The van der Waals surface area contributed by atoms with Crippen LogP contribution in [0.2, 0.25) is 5.02 Å². The van der Waals surface area contributed by atoms with Crippen LogP contribution >= 0.6 is 36.4 Å². The fourth-order valence-corrected chi connectivity index (χ4v) is 3.02. The standard InChI is InChI=1S/C17H23ClN4O2.2ClH/c18-14-5-6-15(20-9-14)21-17(24)13-2-1-7-22(11-13)16(23)10-19-8-12-3-4-12;;/h5-6,9,12-13,19H,1-4,7-8,10-11H2,(H,20,21,24);2*1H. The monoisotopic (exact) mass is 422 g/mol. The number of rotatable bonds is 6. The second kappa shape index (κ2) is 10.9. The molecule has 1 unspecified atom stereocenters. The number of anilines is 1. The summed E-state index contributed by atoms with van der Waals surface area (Å²) in [7, 11) is 0. The fourth-order valence-electron chi connectivity index (χ4n) is 2.91. The van der Waals surface area contributed by atoms with E-state index in [-0.39, 0.29) is 42.5 Å². The van der Waals surface area contributed by atoms with Crippen LogP contribution in [-0.2, 0) is 9.59 Å². The molecule has 2 N–H and O–H groups in total. The van der Waals surface area contributed by atoms with Crippen molar-refractivity contribution in [3.8, 4) is 0 Å². The second-order valence-electron chi connectivity index (χ2n) is 6.60. The molecule has 146 valence electrons. The van der Waals surface area contributed by atoms with E-state index in [1.165, 1.54) is 19.0 Å². The minimum Gasteiger partial charge on any atom is -0.341 e. The molecule has 2 aliphatic rings. The molecule has 0 spiro atoms. The van der Waals surface area contributed by atoms with Crippen molar-refractivity contribution >= 4 is 54.0 Å². The number of likely N-dealkylation sites (tertiary alicyclic amines) is 1. The molecule has 0 bridgehead atoms. The first-order chi connectivity index (χ1) is 11.6. The summed E-state index contributed by atoms with van der Waals surface area (Å²) >= 11 is 5.79. The third-order valence-electron chi connectivity index (χ3n) is 4.53. The van der Waals surface area contributed by atoms with Crippen molar-refractivity contribution in [2.24, 2.45) is 11.8 Å². The van der Waals surface area contributed by atoms with Crippen LogP contribution in [0.15, 0.2) is 18.3 Å². The molecule has 3 rings (SSSR count). The van der Waals surface area contributed by atoms with E-state index >= 15 is 0 Å². The minimum absolute atomic E-state index is 0. The number of nitrogens with zero attached hydrogens (tertiary/aromatic N) is 2. The van der Waals surface area contributed by atoms with Crippen molar-refractivity contribution in [1.29, 1.82) is 0 Å². The largest absolute Gasteiger partial charge is 0.341 e. The first kappa shape index (κ1) is 23.0. The van der Waals surface area contributed by atoms with E-state index in [1.54, 1.807) is 17.0 Å². The molecular formula is C17H25Cl3N4O2. The fraction of sp³-hybridized carbons (Fsp3) is 0.588. The normalized spacial score (nSPS) is 19.1. The Morgan fingerprint density at radius 3 is 2.65 bits per heavy atom. The number of carbonyl (C=O) groups is 2. The van der Waals surface area contributed by atoms with E-state index < -0.39 is 0 Å². The molecule has 2 fully saturated rings. The van der Waals surface area contributed by atoms with Gasteiger partial charge >= 0.3 is 0 Å². The van der Waals surface area contributed by atoms with Crippen molar-refractivity contribution in [2.45, 2.75) is 25.7 Å². The maximum atomic E-state index is 12.4. The lowest BCUT2D eigenvalue weighted by molar-refractivity contribution is -0.133. The van der Waals surface area contributed by atoms with E-state index in [1.807, 2.05) is 0 Å². The van der Waals surface area contributed by atoms with Gasteiger partial charge in [0, 0.05) is 19.3 Å². The molecule has 26 heavy (non-hydrogen) atoms. The lowest BCUT2D eigenvalue weighted by Crippen LogP contribution is -2.46. The van der Waals surface area contributed by atoms with Crippen LogP contribution in [0.1, 0.15) is 25.7 Å². The molecule has 1 saturated heterocycles. The van der Waals surface area contributed by atoms with E-state index in [9.17, 15) is 9.59 Å². The summed E-state index contributed by atoms with van der Waals surface area (Å²) in [5, 5.41) is 6.55. The zero-order chi connectivity index (χ0) is 16.9. The highest BCUT2D eigenvalue weighted by Crippen LogP contribution is 2.27. The van der Waals surface area contributed by atoms with Gasteiger partial charge in [-0.3, -0.25) is 9.59 Å². The summed E-state index contributed by atoms with van der Waals surface area (Å²) in [6.45, 7) is 2.49. The third kappa shape index (κ3) is 6.91. The summed E-state index contributed by atoms with van der Waals surface area (Å²) < 4.78 is 0. The quantitative estimate of drug-likeness (QED) is 0.738. The zero-order valence-electron chi connectivity index (χ0n) is 14.4. The van der Waals surface area contributed by atoms with Gasteiger partial charge < -0.3 is 15.5 Å². The Hall–Kier alpha value is -1.08. The molecule has 1 aliphatic carbocycles. The average Bonchev–Trinajstić information content (AvgIpc) is 3.41. The van der Waals surface area contributed by atoms with Gasteiger partial charge in [-0.05, 0) is 50.3 Å². The van der Waals surface area contributed by atoms with Gasteiger partial charge in [0.2, 0.25) is 11.8 Å². The number of carbonyl (C=O) groups excluding carboxylic acids is 2. The average molecular weight is 424 g/mol. The summed E-state index contributed by atoms with van der Waals surface area (Å²) in [6, 6.07) is 3.36. The number of hydrogen-bond acceptors (Lipinski definition) is 4. The smallest absolute Gasteiger partial charge is 0.236 e. The Labute approximate surface area is 171 Å². The lowest BCUT2D eigenvalue weighted by atomic mass is 9.97. The topological polar surface area (TPSA) is 74.3 Å². The number of piperidine rings is 1. The van der Waals surface area contributed by atoms with Crippen molar-refractivity contribution in [3.05, 3.63) is 23.4 Å². The van der Waals surface area contributed by atoms with Gasteiger partial charge in [0.1, 0.15) is 5.82 Å². The predicted molar refractivity (Wildman–Crippen MR) is 107 cm³/mol. The number of nitrogens with one attached hydrogen (secondary N) is 2. The van der Waals surface area contributed by atoms with Crippen LogP contribution in [0.5, 0.6) is 0 Å². The maximum absolute atomic E-state index is 12.4. The Morgan fingerprint density at radius 2 is 2.00 bits per heavy atom. The van der Waals surface area contributed by atoms with Crippen LogP contribution in [0.4, 0.5) is 5.82 Å². The molecule has 1 aromatic heterocycles. The van der Waals surface area contributed by atoms with Gasteiger partial charge in [-0.1, -0.05) is 11.6 Å². The molecule has 2 heterocycles. The second-order valence-corrected chi connectivity index (χ2v) is 7.04. The summed E-state index contributed by atoms with van der Waals surface area (Å²) in [6.07, 6.45) is 5.68. The lowest BCUT2D eigenvalue weighted by Gasteiger charge is -2.32. The SMILES string of the molecule is Cl.Cl.O=C(Nc1ccc(Cl)cn1)C1CCCN(C(=O)CNCC2CC2)C1. The van der Waals surface area contributed by atoms with E-state index in [4.69, 9.17) is 11.6 Å². The summed E-state index contributed by atoms with van der Waals surface area (Å²) in [4.78, 5) is 30.5. The van der Waals surface area contributed by atoms with Crippen molar-refractivity contribution in [3.63, 3.8) is 0 Å². The highest BCUT2D eigenvalue weighted by molar-refractivity contribution is 6.30. The van der Waals surface area contributed by atoms with Crippen LogP contribution in [0, 0.1) is 11.8 Å². The van der Waals surface area contributed by atoms with Crippen molar-refractivity contribution in [1.82, 2.24) is 15.2 Å². The number of halogens is 3. The Kier molecular flexibility index (Phi) is 9.64. The highest BCUT2D eigenvalue weighted by atomic mass is 35.5. The Bertz CT molecular complexity index is 596. The van der Waals surface area contributed by atoms with Gasteiger partial charge in [-0.2, -0.15) is 0 Å². The predicted octanol–water partition coefficient (Wildman–Crippen LogP) is 2.76. The first-order valence-electron chi connectivity index (χ1n) is 8.53. The molecule has 1 aliphatic heterocycles. The number of hydrogen-bond donors (Lipinski definition) is 2. The van der Waals surface area contributed by atoms with Crippen LogP contribution in [0.3, 0.4) is 0 Å². The molecule has 9 heteroatoms. The first-order valence-corrected chi connectivity index (χ1v) is 8.90.